The Morgan fingerprint density at radius 2 is 1.77 bits per heavy atom. The summed E-state index contributed by atoms with van der Waals surface area (Å²) in [6.07, 6.45) is 5.80. The first-order chi connectivity index (χ1) is 18.8. The number of sulfonamides is 1. The van der Waals surface area contributed by atoms with Gasteiger partial charge in [0.25, 0.3) is 15.9 Å². The van der Waals surface area contributed by atoms with Gasteiger partial charge in [-0.05, 0) is 55.5 Å². The van der Waals surface area contributed by atoms with Crippen molar-refractivity contribution in [1.29, 1.82) is 0 Å². The number of ether oxygens (including phenoxy) is 1. The molecule has 1 aliphatic heterocycles. The Hall–Kier alpha value is -3.40. The second kappa shape index (κ2) is 12.6. The fourth-order valence-corrected chi connectivity index (χ4v) is 6.97. The summed E-state index contributed by atoms with van der Waals surface area (Å²) in [6.45, 7) is 2.00. The van der Waals surface area contributed by atoms with Crippen molar-refractivity contribution in [3.63, 3.8) is 0 Å². The monoisotopic (exact) mass is 555 g/mol. The van der Waals surface area contributed by atoms with Crippen LogP contribution in [0.25, 0.3) is 0 Å². The summed E-state index contributed by atoms with van der Waals surface area (Å²) in [4.78, 5) is 41.2. The molecule has 2 aromatic carbocycles. The highest BCUT2D eigenvalue weighted by Crippen LogP contribution is 2.30. The summed E-state index contributed by atoms with van der Waals surface area (Å²) in [5.74, 6) is -0.320. The molecule has 1 fully saturated rings. The summed E-state index contributed by atoms with van der Waals surface area (Å²) < 4.78 is 31.8. The highest BCUT2D eigenvalue weighted by Gasteiger charge is 2.40. The Labute approximate surface area is 230 Å². The van der Waals surface area contributed by atoms with Crippen LogP contribution in [0.1, 0.15) is 74.2 Å². The summed E-state index contributed by atoms with van der Waals surface area (Å²) in [7, 11) is -2.36. The van der Waals surface area contributed by atoms with Crippen LogP contribution in [-0.2, 0) is 26.2 Å². The molecular formula is C29H37N3O6S. The third-order valence-corrected chi connectivity index (χ3v) is 9.35. The van der Waals surface area contributed by atoms with E-state index in [4.69, 9.17) is 4.74 Å². The lowest BCUT2D eigenvalue weighted by Crippen LogP contribution is -2.51. The molecule has 210 valence electrons. The SMILES string of the molecule is CCC(C(=O)NC1CCCCC1)N(Cc1ccc(OC)cc1)C(=O)CCCN1C(=O)c2ccccc2S1(=O)=O. The molecule has 1 saturated carbocycles. The molecule has 1 heterocycles. The largest absolute Gasteiger partial charge is 0.497 e. The van der Waals surface area contributed by atoms with Gasteiger partial charge in [-0.15, -0.1) is 0 Å². The molecule has 1 unspecified atom stereocenters. The minimum Gasteiger partial charge on any atom is -0.497 e. The number of methoxy groups -OCH3 is 1. The van der Waals surface area contributed by atoms with E-state index in [2.05, 4.69) is 5.32 Å². The summed E-state index contributed by atoms with van der Waals surface area (Å²) in [5.41, 5.74) is 0.996. The van der Waals surface area contributed by atoms with E-state index in [0.717, 1.165) is 35.6 Å². The number of fused-ring (bicyclic) bond motifs is 1. The molecule has 10 heteroatoms. The van der Waals surface area contributed by atoms with Gasteiger partial charge in [-0.25, -0.2) is 12.7 Å². The molecule has 0 radical (unpaired) electrons. The Morgan fingerprint density at radius 1 is 1.08 bits per heavy atom. The molecule has 0 bridgehead atoms. The van der Waals surface area contributed by atoms with E-state index in [0.29, 0.717) is 12.2 Å². The van der Waals surface area contributed by atoms with Crippen LogP contribution in [0.15, 0.2) is 53.4 Å². The van der Waals surface area contributed by atoms with Crippen molar-refractivity contribution in [1.82, 2.24) is 14.5 Å². The molecule has 4 rings (SSSR count). The molecule has 9 nitrogen and oxygen atoms in total. The normalized spacial score (nSPS) is 17.4. The van der Waals surface area contributed by atoms with Crippen molar-refractivity contribution in [3.05, 3.63) is 59.7 Å². The summed E-state index contributed by atoms with van der Waals surface area (Å²) in [6, 6.07) is 12.9. The van der Waals surface area contributed by atoms with Crippen molar-refractivity contribution >= 4 is 27.7 Å². The third kappa shape index (κ3) is 6.43. The molecule has 0 spiro atoms. The number of hydrogen-bond donors (Lipinski definition) is 1. The molecule has 3 amide bonds. The lowest BCUT2D eigenvalue weighted by atomic mass is 9.95. The first kappa shape index (κ1) is 28.6. The zero-order chi connectivity index (χ0) is 28.0. The smallest absolute Gasteiger partial charge is 0.269 e. The number of nitrogens with zero attached hydrogens (tertiary/aromatic N) is 2. The summed E-state index contributed by atoms with van der Waals surface area (Å²) >= 11 is 0. The van der Waals surface area contributed by atoms with Crippen LogP contribution in [-0.4, -0.2) is 61.1 Å². The Balaban J connectivity index is 1.47. The maximum Gasteiger partial charge on any atom is 0.269 e. The molecular weight excluding hydrogens is 518 g/mol. The van der Waals surface area contributed by atoms with Gasteiger partial charge in [0.15, 0.2) is 0 Å². The van der Waals surface area contributed by atoms with Crippen LogP contribution in [0, 0.1) is 0 Å². The number of rotatable bonds is 11. The van der Waals surface area contributed by atoms with Crippen LogP contribution < -0.4 is 10.1 Å². The van der Waals surface area contributed by atoms with Gasteiger partial charge in [0, 0.05) is 25.6 Å². The molecule has 1 aliphatic carbocycles. The van der Waals surface area contributed by atoms with E-state index < -0.39 is 22.0 Å². The lowest BCUT2D eigenvalue weighted by molar-refractivity contribution is -0.141. The first-order valence-corrected chi connectivity index (χ1v) is 15.1. The van der Waals surface area contributed by atoms with Crippen LogP contribution in [0.2, 0.25) is 0 Å². The molecule has 2 aromatic rings. The summed E-state index contributed by atoms with van der Waals surface area (Å²) in [5, 5.41) is 3.15. The lowest BCUT2D eigenvalue weighted by Gasteiger charge is -2.33. The zero-order valence-corrected chi connectivity index (χ0v) is 23.4. The average Bonchev–Trinajstić information content (AvgIpc) is 3.14. The van der Waals surface area contributed by atoms with Crippen LogP contribution >= 0.6 is 0 Å². The van der Waals surface area contributed by atoms with E-state index in [1.165, 1.54) is 18.6 Å². The highest BCUT2D eigenvalue weighted by molar-refractivity contribution is 7.90. The number of hydrogen-bond acceptors (Lipinski definition) is 6. The second-order valence-electron chi connectivity index (χ2n) is 10.1. The van der Waals surface area contributed by atoms with Gasteiger partial charge in [0.2, 0.25) is 11.8 Å². The number of benzene rings is 2. The number of carbonyl (C=O) groups is 3. The molecule has 1 atom stereocenters. The minimum atomic E-state index is -3.94. The predicted molar refractivity (Wildman–Crippen MR) is 147 cm³/mol. The van der Waals surface area contributed by atoms with E-state index in [1.807, 2.05) is 31.2 Å². The van der Waals surface area contributed by atoms with Gasteiger partial charge in [-0.1, -0.05) is 50.5 Å². The molecule has 1 N–H and O–H groups in total. The quantitative estimate of drug-likeness (QED) is 0.450. The standard InChI is InChI=1S/C29H37N3O6S/c1-3-25(28(34)30-22-10-5-4-6-11-22)31(20-21-15-17-23(38-2)18-16-21)27(33)14-9-19-32-29(35)24-12-7-8-13-26(24)39(32,36)37/h7-8,12-13,15-18,22,25H,3-6,9-11,14,19-20H2,1-2H3,(H,30,34). The van der Waals surface area contributed by atoms with Gasteiger partial charge in [-0.2, -0.15) is 0 Å². The average molecular weight is 556 g/mol. The van der Waals surface area contributed by atoms with E-state index in [1.54, 1.807) is 24.1 Å². The predicted octanol–water partition coefficient (Wildman–Crippen LogP) is 3.88. The number of carbonyl (C=O) groups excluding carboxylic acids is 3. The van der Waals surface area contributed by atoms with Crippen molar-refractivity contribution in [3.8, 4) is 5.75 Å². The van der Waals surface area contributed by atoms with Crippen LogP contribution in [0.4, 0.5) is 0 Å². The molecule has 0 saturated heterocycles. The van der Waals surface area contributed by atoms with Gasteiger partial charge < -0.3 is 15.0 Å². The van der Waals surface area contributed by atoms with Gasteiger partial charge in [-0.3, -0.25) is 14.4 Å². The van der Waals surface area contributed by atoms with Crippen molar-refractivity contribution in [2.75, 3.05) is 13.7 Å². The second-order valence-corrected chi connectivity index (χ2v) is 12.0. The molecule has 0 aromatic heterocycles. The maximum absolute atomic E-state index is 13.6. The van der Waals surface area contributed by atoms with E-state index in [9.17, 15) is 22.8 Å². The third-order valence-electron chi connectivity index (χ3n) is 7.51. The van der Waals surface area contributed by atoms with Crippen LogP contribution in [0.5, 0.6) is 5.75 Å². The Bertz CT molecular complexity index is 1290. The van der Waals surface area contributed by atoms with Crippen molar-refractivity contribution < 1.29 is 27.5 Å². The minimum absolute atomic E-state index is 0.000984. The first-order valence-electron chi connectivity index (χ1n) is 13.6. The van der Waals surface area contributed by atoms with Crippen molar-refractivity contribution in [2.45, 2.75) is 81.8 Å². The number of amides is 3. The van der Waals surface area contributed by atoms with E-state index >= 15 is 0 Å². The molecule has 39 heavy (non-hydrogen) atoms. The van der Waals surface area contributed by atoms with Gasteiger partial charge in [0.1, 0.15) is 16.7 Å². The topological polar surface area (TPSA) is 113 Å². The van der Waals surface area contributed by atoms with Crippen LogP contribution in [0.3, 0.4) is 0 Å². The number of nitrogens with one attached hydrogen (secondary N) is 1. The van der Waals surface area contributed by atoms with E-state index in [-0.39, 0.29) is 54.2 Å². The fourth-order valence-electron chi connectivity index (χ4n) is 5.36. The highest BCUT2D eigenvalue weighted by atomic mass is 32.2. The zero-order valence-electron chi connectivity index (χ0n) is 22.6. The Kier molecular flexibility index (Phi) is 9.27. The van der Waals surface area contributed by atoms with Crippen molar-refractivity contribution in [2.24, 2.45) is 0 Å². The fraction of sp³-hybridized carbons (Fsp3) is 0.483. The molecule has 2 aliphatic rings. The van der Waals surface area contributed by atoms with Gasteiger partial charge >= 0.3 is 0 Å². The Morgan fingerprint density at radius 3 is 2.41 bits per heavy atom. The maximum atomic E-state index is 13.6. The van der Waals surface area contributed by atoms with Gasteiger partial charge in [0.05, 0.1) is 12.7 Å².